The molecule has 0 fully saturated rings. The summed E-state index contributed by atoms with van der Waals surface area (Å²) in [5.41, 5.74) is 15.0. The third-order valence-corrected chi connectivity index (χ3v) is 11.2. The van der Waals surface area contributed by atoms with Crippen LogP contribution < -0.4 is 0 Å². The van der Waals surface area contributed by atoms with E-state index in [2.05, 4.69) is 152 Å². The van der Waals surface area contributed by atoms with E-state index in [4.69, 9.17) is 21.4 Å². The van der Waals surface area contributed by atoms with Gasteiger partial charge in [-0.2, -0.15) is 0 Å². The van der Waals surface area contributed by atoms with Crippen molar-refractivity contribution in [1.29, 1.82) is 0 Å². The molecule has 0 atom stereocenters. The lowest BCUT2D eigenvalue weighted by Crippen LogP contribution is -2.03. The van der Waals surface area contributed by atoms with Gasteiger partial charge < -0.3 is 0 Å². The van der Waals surface area contributed by atoms with Crippen LogP contribution in [-0.4, -0.2) is 15.0 Å². The molecule has 0 unspecified atom stereocenters. The van der Waals surface area contributed by atoms with Gasteiger partial charge in [0.2, 0.25) is 0 Å². The van der Waals surface area contributed by atoms with Crippen LogP contribution in [0.3, 0.4) is 0 Å². The predicted molar refractivity (Wildman–Crippen MR) is 239 cm³/mol. The fourth-order valence-corrected chi connectivity index (χ4v) is 8.39. The Morgan fingerprint density at radius 3 is 1.98 bits per heavy atom. The number of nitrogens with zero attached hydrogens (tertiary/aromatic N) is 3. The van der Waals surface area contributed by atoms with E-state index in [-0.39, 0.29) is 0 Å². The number of rotatable bonds is 7. The molecule has 1 heterocycles. The summed E-state index contributed by atoms with van der Waals surface area (Å²) in [5, 5.41) is 4.95. The van der Waals surface area contributed by atoms with Crippen molar-refractivity contribution in [3.8, 4) is 68.5 Å². The first-order chi connectivity index (χ1) is 28.1. The maximum atomic E-state index is 5.59. The summed E-state index contributed by atoms with van der Waals surface area (Å²) in [6, 6.07) is 52.2. The quantitative estimate of drug-likeness (QED) is 0.153. The minimum Gasteiger partial charge on any atom is -0.208 e. The second-order valence-corrected chi connectivity index (χ2v) is 14.6. The predicted octanol–water partition coefficient (Wildman–Crippen LogP) is 13.7. The van der Waals surface area contributed by atoms with Gasteiger partial charge in [-0.3, -0.25) is 0 Å². The fourth-order valence-electron chi connectivity index (χ4n) is 8.39. The lowest BCUT2D eigenvalue weighted by Gasteiger charge is -2.13. The monoisotopic (exact) mass is 727 g/mol. The molecule has 0 saturated carbocycles. The Morgan fingerprint density at radius 1 is 0.526 bits per heavy atom. The van der Waals surface area contributed by atoms with Gasteiger partial charge in [0.1, 0.15) is 0 Å². The van der Waals surface area contributed by atoms with E-state index in [1.807, 2.05) is 30.3 Å². The molecule has 10 rings (SSSR count). The van der Waals surface area contributed by atoms with Gasteiger partial charge in [0.25, 0.3) is 0 Å². The molecule has 2 aliphatic carbocycles. The normalized spacial score (nSPS) is 13.4. The van der Waals surface area contributed by atoms with Crippen molar-refractivity contribution >= 4 is 38.3 Å². The first-order valence-electron chi connectivity index (χ1n) is 19.5. The van der Waals surface area contributed by atoms with Crippen molar-refractivity contribution in [3.05, 3.63) is 193 Å². The lowest BCUT2D eigenvalue weighted by atomic mass is 9.91. The zero-order chi connectivity index (χ0) is 38.3. The maximum absolute atomic E-state index is 5.59. The second kappa shape index (κ2) is 14.3. The Kier molecular flexibility index (Phi) is 8.58. The first kappa shape index (κ1) is 34.1. The highest BCUT2D eigenvalue weighted by atomic mass is 15.0. The summed E-state index contributed by atoms with van der Waals surface area (Å²) >= 11 is 0. The number of fused-ring (bicyclic) bond motifs is 1. The zero-order valence-electron chi connectivity index (χ0n) is 31.6. The van der Waals surface area contributed by atoms with E-state index in [0.29, 0.717) is 17.5 Å². The molecule has 0 bridgehead atoms. The molecular weight excluding hydrogens is 691 g/mol. The van der Waals surface area contributed by atoms with Crippen LogP contribution in [0.15, 0.2) is 176 Å². The van der Waals surface area contributed by atoms with Gasteiger partial charge in [-0.25, -0.2) is 15.0 Å². The number of hydrogen-bond donors (Lipinski definition) is 0. The molecule has 8 aromatic rings. The van der Waals surface area contributed by atoms with Crippen LogP contribution in [0.4, 0.5) is 0 Å². The van der Waals surface area contributed by atoms with Crippen LogP contribution in [0.1, 0.15) is 36.7 Å². The Labute approximate surface area is 333 Å². The van der Waals surface area contributed by atoms with Crippen LogP contribution >= 0.6 is 0 Å². The first-order valence-corrected chi connectivity index (χ1v) is 19.5. The van der Waals surface area contributed by atoms with E-state index in [9.17, 15) is 0 Å². The summed E-state index contributed by atoms with van der Waals surface area (Å²) in [5.74, 6) is 4.70. The highest BCUT2D eigenvalue weighted by molar-refractivity contribution is 6.18. The minimum atomic E-state index is 0.665. The summed E-state index contributed by atoms with van der Waals surface area (Å²) in [6.45, 7) is 2.19. The van der Waals surface area contributed by atoms with Crippen molar-refractivity contribution in [2.24, 2.45) is 0 Å². The van der Waals surface area contributed by atoms with Gasteiger partial charge in [0.15, 0.2) is 17.5 Å². The molecule has 57 heavy (non-hydrogen) atoms. The van der Waals surface area contributed by atoms with Crippen LogP contribution in [-0.2, 0) is 0 Å². The van der Waals surface area contributed by atoms with Gasteiger partial charge in [0, 0.05) is 16.7 Å². The molecule has 0 aliphatic heterocycles. The maximum Gasteiger partial charge on any atom is 0.164 e. The van der Waals surface area contributed by atoms with Gasteiger partial charge in [-0.1, -0.05) is 158 Å². The number of hydrogen-bond acceptors (Lipinski definition) is 3. The standard InChI is InChI=1S/C54H37N3/c1-3-4-21-44-35(2)45-31-32-47(49-24-13-23-48(44)51(45)49)43-20-11-19-41(33-43)42-30-27-36-18-12-22-46(50(36)34-42)37-25-28-40(29-26-37)54-56-52(38-14-7-5-8-15-38)55-53(57-54)39-16-9-6-10-17-39/h1,4-5,7-9,11-34H,6,10H2,2H3/b21-4-. The molecule has 3 nitrogen and oxygen atoms in total. The lowest BCUT2D eigenvalue weighted by molar-refractivity contribution is 1.01. The van der Waals surface area contributed by atoms with Crippen molar-refractivity contribution < 1.29 is 0 Å². The van der Waals surface area contributed by atoms with Crippen LogP contribution in [0, 0.1) is 12.3 Å². The summed E-state index contributed by atoms with van der Waals surface area (Å²) in [6.07, 6.45) is 18.0. The number of terminal acetylenes is 1. The van der Waals surface area contributed by atoms with Crippen molar-refractivity contribution in [2.75, 3.05) is 0 Å². The average Bonchev–Trinajstić information content (AvgIpc) is 3.56. The van der Waals surface area contributed by atoms with E-state index in [1.54, 1.807) is 6.08 Å². The SMILES string of the molecule is C#C/C=C\C1=C(C)c2ccc(-c3cccc(-c4ccc5cccc(-c6ccc(-c7nc(C8=CCCC=C8)nc(-c8ccccc8)n7)cc6)c5c4)c3)c3cccc1c23. The molecule has 1 aromatic heterocycles. The van der Waals surface area contributed by atoms with E-state index < -0.39 is 0 Å². The van der Waals surface area contributed by atoms with Crippen molar-refractivity contribution in [3.63, 3.8) is 0 Å². The molecule has 7 aromatic carbocycles. The Bertz CT molecular complexity index is 3060. The Morgan fingerprint density at radius 2 is 1.18 bits per heavy atom. The molecule has 0 radical (unpaired) electrons. The summed E-state index contributed by atoms with van der Waals surface area (Å²) in [4.78, 5) is 14.8. The summed E-state index contributed by atoms with van der Waals surface area (Å²) < 4.78 is 0. The van der Waals surface area contributed by atoms with Crippen LogP contribution in [0.2, 0.25) is 0 Å². The molecule has 3 heteroatoms. The van der Waals surface area contributed by atoms with E-state index >= 15 is 0 Å². The number of aromatic nitrogens is 3. The van der Waals surface area contributed by atoms with E-state index in [0.717, 1.165) is 35.1 Å². The Hall–Kier alpha value is -7.41. The number of benzene rings is 7. The van der Waals surface area contributed by atoms with Gasteiger partial charge >= 0.3 is 0 Å². The number of allylic oxidation sites excluding steroid dienone is 8. The zero-order valence-corrected chi connectivity index (χ0v) is 31.6. The summed E-state index contributed by atoms with van der Waals surface area (Å²) in [7, 11) is 0. The molecule has 2 aliphatic rings. The van der Waals surface area contributed by atoms with Crippen molar-refractivity contribution in [1.82, 2.24) is 15.0 Å². The van der Waals surface area contributed by atoms with Crippen molar-refractivity contribution in [2.45, 2.75) is 19.8 Å². The third-order valence-electron chi connectivity index (χ3n) is 11.2. The van der Waals surface area contributed by atoms with E-state index in [1.165, 1.54) is 71.6 Å². The van der Waals surface area contributed by atoms with Crippen LogP contribution in [0.5, 0.6) is 0 Å². The van der Waals surface area contributed by atoms with Gasteiger partial charge in [0.05, 0.1) is 0 Å². The van der Waals surface area contributed by atoms with Crippen LogP contribution in [0.25, 0.3) is 94.4 Å². The average molecular weight is 728 g/mol. The van der Waals surface area contributed by atoms with Gasteiger partial charge in [-0.15, -0.1) is 6.42 Å². The highest BCUT2D eigenvalue weighted by Gasteiger charge is 2.22. The second-order valence-electron chi connectivity index (χ2n) is 14.6. The highest BCUT2D eigenvalue weighted by Crippen LogP contribution is 2.46. The topological polar surface area (TPSA) is 38.7 Å². The van der Waals surface area contributed by atoms with Gasteiger partial charge in [-0.05, 0) is 121 Å². The smallest absolute Gasteiger partial charge is 0.164 e. The molecule has 0 saturated heterocycles. The Balaban J connectivity index is 1.00. The molecule has 0 spiro atoms. The largest absolute Gasteiger partial charge is 0.208 e. The third kappa shape index (κ3) is 6.18. The molecule has 268 valence electrons. The molecular formula is C54H37N3. The molecule has 0 amide bonds. The molecule has 0 N–H and O–H groups in total. The fraction of sp³-hybridized carbons (Fsp3) is 0.0556. The minimum absolute atomic E-state index is 0.665.